The van der Waals surface area contributed by atoms with Crippen LogP contribution < -0.4 is 5.73 Å². The van der Waals surface area contributed by atoms with Crippen molar-refractivity contribution in [2.75, 3.05) is 27.3 Å². The van der Waals surface area contributed by atoms with Crippen LogP contribution in [0.1, 0.15) is 23.1 Å². The SMILES string of the molecule is CCn1nc(C)cc1C(=O)N(C)CC(N)COC. The van der Waals surface area contributed by atoms with E-state index in [1.165, 1.54) is 0 Å². The molecule has 18 heavy (non-hydrogen) atoms. The third-order valence-electron chi connectivity index (χ3n) is 2.66. The van der Waals surface area contributed by atoms with E-state index in [-0.39, 0.29) is 11.9 Å². The highest BCUT2D eigenvalue weighted by molar-refractivity contribution is 5.92. The van der Waals surface area contributed by atoms with Crippen LogP contribution in [0.2, 0.25) is 0 Å². The Morgan fingerprint density at radius 1 is 1.67 bits per heavy atom. The van der Waals surface area contributed by atoms with E-state index in [0.717, 1.165) is 5.69 Å². The predicted octanol–water partition coefficient (Wildman–Crippen LogP) is 0.257. The zero-order chi connectivity index (χ0) is 13.7. The number of amides is 1. The highest BCUT2D eigenvalue weighted by Crippen LogP contribution is 2.07. The van der Waals surface area contributed by atoms with Gasteiger partial charge < -0.3 is 15.4 Å². The Morgan fingerprint density at radius 3 is 2.89 bits per heavy atom. The summed E-state index contributed by atoms with van der Waals surface area (Å²) in [5.74, 6) is -0.0657. The molecule has 1 rings (SSSR count). The largest absolute Gasteiger partial charge is 0.383 e. The molecule has 0 radical (unpaired) electrons. The summed E-state index contributed by atoms with van der Waals surface area (Å²) < 4.78 is 6.66. The summed E-state index contributed by atoms with van der Waals surface area (Å²) in [7, 11) is 3.33. The van der Waals surface area contributed by atoms with E-state index in [2.05, 4.69) is 5.10 Å². The lowest BCUT2D eigenvalue weighted by atomic mass is 10.2. The summed E-state index contributed by atoms with van der Waals surface area (Å²) in [4.78, 5) is 13.8. The maximum absolute atomic E-state index is 12.2. The smallest absolute Gasteiger partial charge is 0.271 e. The van der Waals surface area contributed by atoms with Gasteiger partial charge in [0.1, 0.15) is 5.69 Å². The van der Waals surface area contributed by atoms with Crippen molar-refractivity contribution >= 4 is 5.91 Å². The minimum absolute atomic E-state index is 0.0657. The van der Waals surface area contributed by atoms with Crippen LogP contribution >= 0.6 is 0 Å². The van der Waals surface area contributed by atoms with Crippen LogP contribution in [0.5, 0.6) is 0 Å². The number of aromatic nitrogens is 2. The molecule has 0 aliphatic rings. The number of ether oxygens (including phenoxy) is 1. The van der Waals surface area contributed by atoms with E-state index in [4.69, 9.17) is 10.5 Å². The molecular formula is C12H22N4O2. The molecule has 0 bridgehead atoms. The fraction of sp³-hybridized carbons (Fsp3) is 0.667. The van der Waals surface area contributed by atoms with E-state index in [0.29, 0.717) is 25.4 Å². The van der Waals surface area contributed by atoms with Gasteiger partial charge in [0, 0.05) is 33.3 Å². The second-order valence-electron chi connectivity index (χ2n) is 4.39. The minimum atomic E-state index is -0.178. The van der Waals surface area contributed by atoms with Gasteiger partial charge in [-0.2, -0.15) is 5.10 Å². The zero-order valence-electron chi connectivity index (χ0n) is 11.5. The van der Waals surface area contributed by atoms with Gasteiger partial charge in [-0.25, -0.2) is 0 Å². The van der Waals surface area contributed by atoms with Crippen LogP contribution in [0.15, 0.2) is 6.07 Å². The first-order valence-electron chi connectivity index (χ1n) is 6.04. The van der Waals surface area contributed by atoms with Gasteiger partial charge in [0.25, 0.3) is 5.91 Å². The van der Waals surface area contributed by atoms with Gasteiger partial charge in [-0.15, -0.1) is 0 Å². The second kappa shape index (κ2) is 6.51. The topological polar surface area (TPSA) is 73.4 Å². The molecule has 1 heterocycles. The maximum atomic E-state index is 12.2. The third-order valence-corrected chi connectivity index (χ3v) is 2.66. The van der Waals surface area contributed by atoms with Crippen molar-refractivity contribution in [2.24, 2.45) is 5.73 Å². The molecule has 6 heteroatoms. The van der Waals surface area contributed by atoms with Gasteiger partial charge in [0.2, 0.25) is 0 Å². The van der Waals surface area contributed by atoms with Crippen molar-refractivity contribution in [3.05, 3.63) is 17.5 Å². The van der Waals surface area contributed by atoms with Crippen molar-refractivity contribution < 1.29 is 9.53 Å². The second-order valence-corrected chi connectivity index (χ2v) is 4.39. The normalized spacial score (nSPS) is 12.5. The standard InChI is InChI=1S/C12H22N4O2/c1-5-16-11(6-9(2)14-16)12(17)15(3)7-10(13)8-18-4/h6,10H,5,7-8,13H2,1-4H3. The number of likely N-dealkylation sites (N-methyl/N-ethyl adjacent to an activating group) is 1. The van der Waals surface area contributed by atoms with Crippen molar-refractivity contribution in [1.29, 1.82) is 0 Å². The molecule has 102 valence electrons. The van der Waals surface area contributed by atoms with Crippen LogP contribution in [0, 0.1) is 6.92 Å². The van der Waals surface area contributed by atoms with Gasteiger partial charge >= 0.3 is 0 Å². The Labute approximate surface area is 108 Å². The molecule has 6 nitrogen and oxygen atoms in total. The number of carbonyl (C=O) groups excluding carboxylic acids is 1. The van der Waals surface area contributed by atoms with Crippen LogP contribution in [0.4, 0.5) is 0 Å². The number of methoxy groups -OCH3 is 1. The van der Waals surface area contributed by atoms with Gasteiger partial charge in [-0.1, -0.05) is 0 Å². The van der Waals surface area contributed by atoms with Gasteiger partial charge in [0.15, 0.2) is 0 Å². The van der Waals surface area contributed by atoms with E-state index in [1.807, 2.05) is 13.8 Å². The summed E-state index contributed by atoms with van der Waals surface area (Å²) in [6, 6.07) is 1.62. The molecule has 0 aliphatic carbocycles. The van der Waals surface area contributed by atoms with E-state index in [9.17, 15) is 4.79 Å². The Balaban J connectivity index is 2.73. The summed E-state index contributed by atoms with van der Waals surface area (Å²) in [5.41, 5.74) is 7.28. The quantitative estimate of drug-likeness (QED) is 0.790. The molecule has 1 aromatic heterocycles. The number of hydrogen-bond donors (Lipinski definition) is 1. The molecule has 1 aromatic rings. The molecule has 1 amide bonds. The zero-order valence-corrected chi connectivity index (χ0v) is 11.5. The van der Waals surface area contributed by atoms with Crippen molar-refractivity contribution in [3.63, 3.8) is 0 Å². The molecule has 0 spiro atoms. The molecule has 0 saturated carbocycles. The highest BCUT2D eigenvalue weighted by Gasteiger charge is 2.19. The highest BCUT2D eigenvalue weighted by atomic mass is 16.5. The first-order valence-corrected chi connectivity index (χ1v) is 6.04. The lowest BCUT2D eigenvalue weighted by Crippen LogP contribution is -2.41. The number of aryl methyl sites for hydroxylation is 2. The number of hydrogen-bond acceptors (Lipinski definition) is 4. The number of nitrogens with zero attached hydrogens (tertiary/aromatic N) is 3. The van der Waals surface area contributed by atoms with Gasteiger partial charge in [-0.3, -0.25) is 9.48 Å². The summed E-state index contributed by atoms with van der Waals surface area (Å²) >= 11 is 0. The van der Waals surface area contributed by atoms with Crippen LogP contribution in [0.25, 0.3) is 0 Å². The lowest BCUT2D eigenvalue weighted by Gasteiger charge is -2.21. The third kappa shape index (κ3) is 3.54. The predicted molar refractivity (Wildman–Crippen MR) is 69.4 cm³/mol. The Bertz CT molecular complexity index is 403. The summed E-state index contributed by atoms with van der Waals surface area (Å²) in [5, 5.41) is 4.26. The fourth-order valence-electron chi connectivity index (χ4n) is 1.86. The molecule has 0 aliphatic heterocycles. The first kappa shape index (κ1) is 14.7. The van der Waals surface area contributed by atoms with Gasteiger partial charge in [0.05, 0.1) is 12.3 Å². The van der Waals surface area contributed by atoms with Crippen molar-refractivity contribution in [2.45, 2.75) is 26.4 Å². The van der Waals surface area contributed by atoms with Crippen LogP contribution in [0.3, 0.4) is 0 Å². The fourth-order valence-corrected chi connectivity index (χ4v) is 1.86. The molecule has 0 saturated heterocycles. The average Bonchev–Trinajstić information content (AvgIpc) is 2.69. The molecular weight excluding hydrogens is 232 g/mol. The minimum Gasteiger partial charge on any atom is -0.383 e. The number of carbonyl (C=O) groups is 1. The van der Waals surface area contributed by atoms with Crippen molar-refractivity contribution in [3.8, 4) is 0 Å². The number of nitrogens with two attached hydrogens (primary N) is 1. The molecule has 1 atom stereocenters. The Kier molecular flexibility index (Phi) is 5.30. The average molecular weight is 254 g/mol. The monoisotopic (exact) mass is 254 g/mol. The summed E-state index contributed by atoms with van der Waals surface area (Å²) in [6.45, 7) is 5.40. The van der Waals surface area contributed by atoms with E-state index < -0.39 is 0 Å². The molecule has 2 N–H and O–H groups in total. The van der Waals surface area contributed by atoms with Gasteiger partial charge in [-0.05, 0) is 19.9 Å². The maximum Gasteiger partial charge on any atom is 0.271 e. The molecule has 1 unspecified atom stereocenters. The molecule has 0 fully saturated rings. The van der Waals surface area contributed by atoms with E-state index in [1.54, 1.807) is 29.8 Å². The number of rotatable bonds is 6. The first-order chi connectivity index (χ1) is 8.49. The lowest BCUT2D eigenvalue weighted by molar-refractivity contribution is 0.0752. The molecule has 0 aromatic carbocycles. The Morgan fingerprint density at radius 2 is 2.33 bits per heavy atom. The van der Waals surface area contributed by atoms with Crippen molar-refractivity contribution in [1.82, 2.24) is 14.7 Å². The summed E-state index contributed by atoms with van der Waals surface area (Å²) in [6.07, 6.45) is 0. The Hall–Kier alpha value is -1.40. The van der Waals surface area contributed by atoms with Crippen LogP contribution in [-0.4, -0.2) is 53.9 Å². The van der Waals surface area contributed by atoms with E-state index >= 15 is 0 Å². The van der Waals surface area contributed by atoms with Crippen LogP contribution in [-0.2, 0) is 11.3 Å².